The van der Waals surface area contributed by atoms with Crippen LogP contribution in [0.15, 0.2) is 55.0 Å². The molecule has 0 unspecified atom stereocenters. The van der Waals surface area contributed by atoms with E-state index < -0.39 is 17.6 Å². The highest BCUT2D eigenvalue weighted by Crippen LogP contribution is 2.41. The molecule has 1 saturated heterocycles. The standard InChI is InChI=1S/C24H23F2N5O2/c25-18-3-1-11-27-21(18)17-5-6-20(30-14-17)29-13-16-7-9-24(10-8-16)15-31(23(32)33-24)19-4-2-12-28-22(19)26/h1-6,11-12,14,16H,7-10,13,15H2,(H,29,30). The Hall–Kier alpha value is -3.62. The van der Waals surface area contributed by atoms with E-state index in [1.807, 2.05) is 6.07 Å². The van der Waals surface area contributed by atoms with Crippen molar-refractivity contribution in [1.29, 1.82) is 0 Å². The van der Waals surface area contributed by atoms with Gasteiger partial charge < -0.3 is 10.1 Å². The van der Waals surface area contributed by atoms with Gasteiger partial charge in [0.05, 0.1) is 6.54 Å². The highest BCUT2D eigenvalue weighted by Gasteiger charge is 2.48. The molecule has 1 amide bonds. The third-order valence-electron chi connectivity index (χ3n) is 6.38. The van der Waals surface area contributed by atoms with Gasteiger partial charge in [-0.1, -0.05) is 0 Å². The van der Waals surface area contributed by atoms with E-state index in [9.17, 15) is 13.6 Å². The molecule has 170 valence electrons. The zero-order valence-corrected chi connectivity index (χ0v) is 17.9. The van der Waals surface area contributed by atoms with Gasteiger partial charge in [0.15, 0.2) is 0 Å². The number of hydrogen-bond acceptors (Lipinski definition) is 6. The minimum Gasteiger partial charge on any atom is -0.441 e. The lowest BCUT2D eigenvalue weighted by Crippen LogP contribution is -2.39. The number of pyridine rings is 3. The number of halogens is 2. The number of hydrogen-bond donors (Lipinski definition) is 1. The van der Waals surface area contributed by atoms with Crippen molar-refractivity contribution in [1.82, 2.24) is 15.0 Å². The van der Waals surface area contributed by atoms with Crippen LogP contribution in [0.3, 0.4) is 0 Å². The summed E-state index contributed by atoms with van der Waals surface area (Å²) in [6.45, 7) is 1.07. The monoisotopic (exact) mass is 451 g/mol. The number of aromatic nitrogens is 3. The van der Waals surface area contributed by atoms with E-state index >= 15 is 0 Å². The lowest BCUT2D eigenvalue weighted by molar-refractivity contribution is 0.0148. The van der Waals surface area contributed by atoms with Crippen molar-refractivity contribution in [2.45, 2.75) is 31.3 Å². The molecule has 0 radical (unpaired) electrons. The Kier molecular flexibility index (Phi) is 5.62. The third kappa shape index (κ3) is 4.35. The average molecular weight is 451 g/mol. The van der Waals surface area contributed by atoms with Gasteiger partial charge in [0.1, 0.15) is 28.6 Å². The van der Waals surface area contributed by atoms with Crippen LogP contribution in [0.25, 0.3) is 11.3 Å². The first-order valence-corrected chi connectivity index (χ1v) is 10.9. The van der Waals surface area contributed by atoms with Gasteiger partial charge in [-0.25, -0.2) is 19.2 Å². The summed E-state index contributed by atoms with van der Waals surface area (Å²) >= 11 is 0. The second kappa shape index (κ2) is 8.73. The molecule has 7 nitrogen and oxygen atoms in total. The second-order valence-corrected chi connectivity index (χ2v) is 8.54. The third-order valence-corrected chi connectivity index (χ3v) is 6.38. The van der Waals surface area contributed by atoms with Gasteiger partial charge in [-0.05, 0) is 68.0 Å². The molecule has 3 aromatic heterocycles. The van der Waals surface area contributed by atoms with Crippen molar-refractivity contribution in [3.8, 4) is 11.3 Å². The minimum absolute atomic E-state index is 0.156. The van der Waals surface area contributed by atoms with E-state index in [1.165, 1.54) is 17.2 Å². The van der Waals surface area contributed by atoms with Gasteiger partial charge in [-0.2, -0.15) is 4.39 Å². The van der Waals surface area contributed by atoms with Crippen molar-refractivity contribution >= 4 is 17.6 Å². The molecule has 2 aliphatic rings. The highest BCUT2D eigenvalue weighted by molar-refractivity contribution is 5.90. The number of carbonyl (C=O) groups excluding carboxylic acids is 1. The van der Waals surface area contributed by atoms with Gasteiger partial charge in [0.2, 0.25) is 5.95 Å². The maximum atomic E-state index is 14.0. The molecule has 4 heterocycles. The number of anilines is 2. The smallest absolute Gasteiger partial charge is 0.415 e. The molecule has 0 atom stereocenters. The van der Waals surface area contributed by atoms with Crippen molar-refractivity contribution in [2.75, 3.05) is 23.3 Å². The normalized spacial score (nSPS) is 22.4. The predicted octanol–water partition coefficient (Wildman–Crippen LogP) is 4.81. The van der Waals surface area contributed by atoms with Crippen molar-refractivity contribution < 1.29 is 18.3 Å². The SMILES string of the molecule is O=C1OC2(CCC(CNc3ccc(-c4ncccc4F)cn3)CC2)CN1c1cccnc1F. The molecule has 3 aromatic rings. The highest BCUT2D eigenvalue weighted by atomic mass is 19.1. The lowest BCUT2D eigenvalue weighted by Gasteiger charge is -2.35. The van der Waals surface area contributed by atoms with E-state index in [0.29, 0.717) is 23.8 Å². The predicted molar refractivity (Wildman–Crippen MR) is 119 cm³/mol. The van der Waals surface area contributed by atoms with Gasteiger partial charge in [0, 0.05) is 30.7 Å². The van der Waals surface area contributed by atoms with E-state index in [2.05, 4.69) is 20.3 Å². The quantitative estimate of drug-likeness (QED) is 0.561. The van der Waals surface area contributed by atoms with Crippen LogP contribution in [0.4, 0.5) is 25.1 Å². The Morgan fingerprint density at radius 1 is 1.06 bits per heavy atom. The Morgan fingerprint density at radius 3 is 2.58 bits per heavy atom. The largest absolute Gasteiger partial charge is 0.441 e. The first-order valence-electron chi connectivity index (χ1n) is 10.9. The molecule has 0 bridgehead atoms. The van der Waals surface area contributed by atoms with Crippen LogP contribution >= 0.6 is 0 Å². The molecule has 1 aliphatic heterocycles. The first kappa shape index (κ1) is 21.2. The van der Waals surface area contributed by atoms with Crippen LogP contribution in [0, 0.1) is 17.7 Å². The Morgan fingerprint density at radius 2 is 1.85 bits per heavy atom. The van der Waals surface area contributed by atoms with Crippen LogP contribution < -0.4 is 10.2 Å². The summed E-state index contributed by atoms with van der Waals surface area (Å²) < 4.78 is 33.6. The fourth-order valence-corrected chi connectivity index (χ4v) is 4.54. The molecule has 1 N–H and O–H groups in total. The number of rotatable bonds is 5. The summed E-state index contributed by atoms with van der Waals surface area (Å²) in [5.41, 5.74) is 0.474. The fourth-order valence-electron chi connectivity index (χ4n) is 4.54. The van der Waals surface area contributed by atoms with Crippen LogP contribution in [0.1, 0.15) is 25.7 Å². The lowest BCUT2D eigenvalue weighted by atomic mass is 9.78. The zero-order chi connectivity index (χ0) is 22.8. The number of ether oxygens (including phenoxy) is 1. The molecule has 0 aromatic carbocycles. The van der Waals surface area contributed by atoms with Crippen LogP contribution in [-0.4, -0.2) is 39.7 Å². The summed E-state index contributed by atoms with van der Waals surface area (Å²) in [6, 6.07) is 9.68. The molecule has 9 heteroatoms. The summed E-state index contributed by atoms with van der Waals surface area (Å²) in [5.74, 6) is 0.0522. The molecule has 2 fully saturated rings. The second-order valence-electron chi connectivity index (χ2n) is 8.54. The zero-order valence-electron chi connectivity index (χ0n) is 17.9. The average Bonchev–Trinajstić information content (AvgIpc) is 3.15. The molecule has 1 saturated carbocycles. The molecular weight excluding hydrogens is 428 g/mol. The summed E-state index contributed by atoms with van der Waals surface area (Å²) in [6.07, 6.45) is 7.17. The van der Waals surface area contributed by atoms with Crippen molar-refractivity contribution in [3.05, 3.63) is 66.8 Å². The molecule has 33 heavy (non-hydrogen) atoms. The van der Waals surface area contributed by atoms with Crippen LogP contribution in [0.5, 0.6) is 0 Å². The number of nitrogens with one attached hydrogen (secondary N) is 1. The van der Waals surface area contributed by atoms with Crippen LogP contribution in [0.2, 0.25) is 0 Å². The Labute approximate surface area is 189 Å². The summed E-state index contributed by atoms with van der Waals surface area (Å²) in [4.78, 5) is 25.8. The van der Waals surface area contributed by atoms with Gasteiger partial charge in [0.25, 0.3) is 0 Å². The maximum absolute atomic E-state index is 14.0. The Bertz CT molecular complexity index is 1150. The molecule has 1 spiro atoms. The summed E-state index contributed by atoms with van der Waals surface area (Å²) in [7, 11) is 0. The summed E-state index contributed by atoms with van der Waals surface area (Å²) in [5, 5.41) is 3.34. The maximum Gasteiger partial charge on any atom is 0.415 e. The van der Waals surface area contributed by atoms with Crippen molar-refractivity contribution in [3.63, 3.8) is 0 Å². The van der Waals surface area contributed by atoms with E-state index in [-0.39, 0.29) is 17.2 Å². The number of nitrogens with zero attached hydrogens (tertiary/aromatic N) is 4. The van der Waals surface area contributed by atoms with E-state index in [0.717, 1.165) is 32.2 Å². The fraction of sp³-hybridized carbons (Fsp3) is 0.333. The molecule has 5 rings (SSSR count). The van der Waals surface area contributed by atoms with Gasteiger partial charge in [-0.3, -0.25) is 9.88 Å². The van der Waals surface area contributed by atoms with Crippen LogP contribution in [-0.2, 0) is 4.74 Å². The number of amides is 1. The topological polar surface area (TPSA) is 80.2 Å². The molecule has 1 aliphatic carbocycles. The van der Waals surface area contributed by atoms with Crippen molar-refractivity contribution in [2.24, 2.45) is 5.92 Å². The minimum atomic E-state index is -0.673. The van der Waals surface area contributed by atoms with Gasteiger partial charge >= 0.3 is 6.09 Å². The van der Waals surface area contributed by atoms with E-state index in [1.54, 1.807) is 36.7 Å². The molecular formula is C24H23F2N5O2. The number of carbonyl (C=O) groups is 1. The van der Waals surface area contributed by atoms with E-state index in [4.69, 9.17) is 4.74 Å². The van der Waals surface area contributed by atoms with Gasteiger partial charge in [-0.15, -0.1) is 0 Å². The Balaban J connectivity index is 1.15. The first-order chi connectivity index (χ1) is 16.0.